The van der Waals surface area contributed by atoms with Crippen molar-refractivity contribution >= 4 is 11.5 Å². The van der Waals surface area contributed by atoms with Crippen LogP contribution in [-0.2, 0) is 4.79 Å². The van der Waals surface area contributed by atoms with Gasteiger partial charge in [-0.1, -0.05) is 37.6 Å². The molecule has 1 aromatic heterocycles. The molecule has 1 heterocycles. The highest BCUT2D eigenvalue weighted by Crippen LogP contribution is 2.66. The van der Waals surface area contributed by atoms with Gasteiger partial charge < -0.3 is 5.11 Å². The predicted molar refractivity (Wildman–Crippen MR) is 110 cm³/mol. The Labute approximate surface area is 168 Å². The van der Waals surface area contributed by atoms with Crippen molar-refractivity contribution in [3.8, 4) is 0 Å². The molecule has 3 nitrogen and oxygen atoms in total. The maximum Gasteiger partial charge on any atom is 0.306 e. The highest BCUT2D eigenvalue weighted by atomic mass is 16.4. The van der Waals surface area contributed by atoms with Crippen molar-refractivity contribution < 1.29 is 9.90 Å². The summed E-state index contributed by atoms with van der Waals surface area (Å²) in [7, 11) is 0. The van der Waals surface area contributed by atoms with E-state index in [1.54, 1.807) is 0 Å². The number of aromatic nitrogens is 1. The topological polar surface area (TPSA) is 50.2 Å². The molecule has 2 fully saturated rings. The predicted octanol–water partition coefficient (Wildman–Crippen LogP) is 5.74. The minimum Gasteiger partial charge on any atom is -0.481 e. The molecule has 6 atom stereocenters. The summed E-state index contributed by atoms with van der Waals surface area (Å²) >= 11 is 0. The molecule has 0 spiro atoms. The van der Waals surface area contributed by atoms with Gasteiger partial charge in [0.25, 0.3) is 0 Å². The van der Waals surface area contributed by atoms with Gasteiger partial charge in [0, 0.05) is 12.4 Å². The third-order valence-corrected chi connectivity index (χ3v) is 9.01. The van der Waals surface area contributed by atoms with Crippen LogP contribution in [0.2, 0.25) is 0 Å². The normalized spacial score (nSPS) is 41.9. The average Bonchev–Trinajstić information content (AvgIpc) is 3.05. The number of aliphatic carboxylic acids is 1. The van der Waals surface area contributed by atoms with Crippen molar-refractivity contribution in [1.29, 1.82) is 0 Å². The minimum atomic E-state index is -0.609. The van der Waals surface area contributed by atoms with E-state index in [1.165, 1.54) is 36.0 Å². The largest absolute Gasteiger partial charge is 0.481 e. The quantitative estimate of drug-likeness (QED) is 0.669. The zero-order valence-electron chi connectivity index (χ0n) is 17.0. The fourth-order valence-corrected chi connectivity index (χ4v) is 7.41. The van der Waals surface area contributed by atoms with Crippen LogP contribution in [-0.4, -0.2) is 16.1 Å². The summed E-state index contributed by atoms with van der Waals surface area (Å²) in [5.41, 5.74) is 4.73. The molecular weight excluding hydrogens is 346 g/mol. The van der Waals surface area contributed by atoms with Crippen LogP contribution in [0.5, 0.6) is 0 Å². The van der Waals surface area contributed by atoms with Gasteiger partial charge in [0.15, 0.2) is 0 Å². The van der Waals surface area contributed by atoms with Gasteiger partial charge in [0.1, 0.15) is 0 Å². The second-order valence-electron chi connectivity index (χ2n) is 10.1. The van der Waals surface area contributed by atoms with Crippen molar-refractivity contribution in [3.63, 3.8) is 0 Å². The van der Waals surface area contributed by atoms with E-state index >= 15 is 0 Å². The van der Waals surface area contributed by atoms with Gasteiger partial charge in [0.2, 0.25) is 0 Å². The molecular formula is C25H31NO2. The highest BCUT2D eigenvalue weighted by Gasteiger charge is 2.57. The van der Waals surface area contributed by atoms with Crippen molar-refractivity contribution in [2.24, 2.45) is 34.5 Å². The van der Waals surface area contributed by atoms with E-state index in [-0.39, 0.29) is 16.7 Å². The number of nitrogens with zero attached hydrogens (tertiary/aromatic N) is 1. The molecule has 0 unspecified atom stereocenters. The van der Waals surface area contributed by atoms with E-state index in [1.807, 2.05) is 12.4 Å². The summed E-state index contributed by atoms with van der Waals surface area (Å²) in [6, 6.07) is 4.27. The monoisotopic (exact) mass is 377 g/mol. The van der Waals surface area contributed by atoms with Crippen LogP contribution in [0.1, 0.15) is 64.4 Å². The van der Waals surface area contributed by atoms with Crippen LogP contribution in [0.25, 0.3) is 5.57 Å². The molecule has 2 saturated carbocycles. The second kappa shape index (κ2) is 6.30. The molecule has 0 aliphatic heterocycles. The van der Waals surface area contributed by atoms with Gasteiger partial charge in [0.05, 0.1) is 5.92 Å². The molecule has 0 amide bonds. The third-order valence-electron chi connectivity index (χ3n) is 9.01. The summed E-state index contributed by atoms with van der Waals surface area (Å²) in [6.45, 7) is 4.93. The van der Waals surface area contributed by atoms with Crippen molar-refractivity contribution in [3.05, 3.63) is 47.8 Å². The smallest absolute Gasteiger partial charge is 0.306 e. The Morgan fingerprint density at radius 1 is 1.11 bits per heavy atom. The van der Waals surface area contributed by atoms with E-state index in [0.717, 1.165) is 31.6 Å². The first-order valence-corrected chi connectivity index (χ1v) is 11.0. The van der Waals surface area contributed by atoms with Gasteiger partial charge in [-0.3, -0.25) is 9.78 Å². The SMILES string of the molecule is C[C@]12CC[C@H](C(=O)O)CC1=CC[C@@H]1[C@@H]2CC[C@]2(C)C(c3cccnc3)=CC[C@@H]12. The van der Waals surface area contributed by atoms with Crippen molar-refractivity contribution in [2.45, 2.75) is 58.8 Å². The number of fused-ring (bicyclic) bond motifs is 5. The Hall–Kier alpha value is -1.90. The van der Waals surface area contributed by atoms with Crippen LogP contribution in [0.4, 0.5) is 0 Å². The molecule has 0 aromatic carbocycles. The maximum atomic E-state index is 11.5. The number of pyridine rings is 1. The number of carbonyl (C=O) groups is 1. The average molecular weight is 378 g/mol. The summed E-state index contributed by atoms with van der Waals surface area (Å²) in [5, 5.41) is 9.50. The number of carboxylic acid groups (broad SMARTS) is 1. The lowest BCUT2D eigenvalue weighted by Crippen LogP contribution is -2.49. The second-order valence-corrected chi connectivity index (χ2v) is 10.1. The zero-order valence-corrected chi connectivity index (χ0v) is 17.0. The van der Waals surface area contributed by atoms with Gasteiger partial charge in [-0.2, -0.15) is 0 Å². The van der Waals surface area contributed by atoms with Crippen LogP contribution in [0.15, 0.2) is 42.3 Å². The van der Waals surface area contributed by atoms with E-state index in [2.05, 4.69) is 43.1 Å². The summed E-state index contributed by atoms with van der Waals surface area (Å²) in [6.07, 6.45) is 16.3. The fourth-order valence-electron chi connectivity index (χ4n) is 7.41. The van der Waals surface area contributed by atoms with E-state index in [0.29, 0.717) is 11.8 Å². The van der Waals surface area contributed by atoms with E-state index in [4.69, 9.17) is 0 Å². The number of hydrogen-bond acceptors (Lipinski definition) is 2. The first-order valence-electron chi connectivity index (χ1n) is 11.0. The van der Waals surface area contributed by atoms with Crippen LogP contribution < -0.4 is 0 Å². The lowest BCUT2D eigenvalue weighted by molar-refractivity contribution is -0.143. The maximum absolute atomic E-state index is 11.5. The molecule has 1 N–H and O–H groups in total. The van der Waals surface area contributed by atoms with Gasteiger partial charge in [-0.15, -0.1) is 0 Å². The van der Waals surface area contributed by atoms with Crippen molar-refractivity contribution in [1.82, 2.24) is 4.98 Å². The fraction of sp³-hybridized carbons (Fsp3) is 0.600. The number of rotatable bonds is 2. The van der Waals surface area contributed by atoms with Gasteiger partial charge in [-0.25, -0.2) is 0 Å². The molecule has 4 aliphatic rings. The van der Waals surface area contributed by atoms with E-state index in [9.17, 15) is 9.90 Å². The van der Waals surface area contributed by atoms with Crippen molar-refractivity contribution in [2.75, 3.05) is 0 Å². The third kappa shape index (κ3) is 2.47. The summed E-state index contributed by atoms with van der Waals surface area (Å²) in [4.78, 5) is 15.9. The number of carboxylic acids is 1. The molecule has 0 bridgehead atoms. The minimum absolute atomic E-state index is 0.171. The molecule has 0 saturated heterocycles. The lowest BCUT2D eigenvalue weighted by Gasteiger charge is -2.57. The lowest BCUT2D eigenvalue weighted by atomic mass is 9.47. The molecule has 148 valence electrons. The first-order chi connectivity index (χ1) is 13.4. The van der Waals surface area contributed by atoms with Gasteiger partial charge >= 0.3 is 5.97 Å². The molecule has 0 radical (unpaired) electrons. The van der Waals surface area contributed by atoms with Crippen LogP contribution in [0, 0.1) is 34.5 Å². The Balaban J connectivity index is 1.45. The molecule has 4 aliphatic carbocycles. The zero-order chi connectivity index (χ0) is 19.5. The molecule has 1 aromatic rings. The summed E-state index contributed by atoms with van der Waals surface area (Å²) < 4.78 is 0. The first kappa shape index (κ1) is 18.1. The Bertz CT molecular complexity index is 857. The van der Waals surface area contributed by atoms with Crippen LogP contribution >= 0.6 is 0 Å². The summed E-state index contributed by atoms with van der Waals surface area (Å²) in [5.74, 6) is 1.35. The highest BCUT2D eigenvalue weighted by molar-refractivity contribution is 5.72. The molecule has 3 heteroatoms. The standard InChI is InChI=1S/C25H31NO2/c1-24-11-9-16(23(27)28)14-18(24)5-6-19-21-8-7-20(17-4-3-13-26-15-17)25(21,2)12-10-22(19)24/h3-5,7,13,15-16,19,21-22H,6,8-12,14H2,1-2H3,(H,27,28)/t16-,19-,21-,22-,24-,25+/m0/s1. The Kier molecular flexibility index (Phi) is 4.08. The molecule has 5 rings (SSSR count). The molecule has 28 heavy (non-hydrogen) atoms. The van der Waals surface area contributed by atoms with E-state index < -0.39 is 5.97 Å². The number of allylic oxidation sites excluding steroid dienone is 4. The Morgan fingerprint density at radius 2 is 1.93 bits per heavy atom. The van der Waals surface area contributed by atoms with Crippen LogP contribution in [0.3, 0.4) is 0 Å². The number of hydrogen-bond donors (Lipinski definition) is 1. The Morgan fingerprint density at radius 3 is 2.68 bits per heavy atom. The van der Waals surface area contributed by atoms with Gasteiger partial charge in [-0.05, 0) is 90.7 Å².